The average Bonchev–Trinajstić information content (AvgIpc) is 3.14. The van der Waals surface area contributed by atoms with E-state index in [-0.39, 0.29) is 5.82 Å². The summed E-state index contributed by atoms with van der Waals surface area (Å²) in [6.45, 7) is 1.14. The quantitative estimate of drug-likeness (QED) is 0.607. The highest BCUT2D eigenvalue weighted by Gasteiger charge is 2.09. The van der Waals surface area contributed by atoms with E-state index in [1.54, 1.807) is 23.1 Å². The molecule has 2 heterocycles. The third kappa shape index (κ3) is 3.16. The highest BCUT2D eigenvalue weighted by atomic mass is 19.1. The fourth-order valence-electron chi connectivity index (χ4n) is 2.75. The number of hydrogen-bond donors (Lipinski definition) is 1. The van der Waals surface area contributed by atoms with Crippen molar-refractivity contribution < 1.29 is 4.39 Å². The topological polar surface area (TPSA) is 68.5 Å². The minimum atomic E-state index is -0.337. The van der Waals surface area contributed by atoms with E-state index in [1.165, 1.54) is 18.7 Å². The first kappa shape index (κ1) is 15.2. The Hall–Kier alpha value is -3.35. The monoisotopic (exact) mass is 334 g/mol. The standard InChI is InChI=1S/C18H15FN6/c19-15-6-3-7-16-17(15)18(23-11-22-16)21-8-13-4-1-2-5-14(13)9-25-12-20-10-24-25/h1-7,10-12H,8-9H2,(H,21,22,23). The van der Waals surface area contributed by atoms with Crippen LogP contribution in [-0.2, 0) is 13.1 Å². The summed E-state index contributed by atoms with van der Waals surface area (Å²) in [6.07, 6.45) is 4.62. The summed E-state index contributed by atoms with van der Waals surface area (Å²) in [6, 6.07) is 12.8. The van der Waals surface area contributed by atoms with Crippen molar-refractivity contribution in [1.29, 1.82) is 0 Å². The van der Waals surface area contributed by atoms with E-state index in [0.29, 0.717) is 29.8 Å². The van der Waals surface area contributed by atoms with Gasteiger partial charge in [-0.25, -0.2) is 24.0 Å². The van der Waals surface area contributed by atoms with Crippen LogP contribution in [0.4, 0.5) is 10.2 Å². The lowest BCUT2D eigenvalue weighted by Gasteiger charge is -2.12. The Morgan fingerprint density at radius 2 is 1.84 bits per heavy atom. The molecule has 0 radical (unpaired) electrons. The van der Waals surface area contributed by atoms with Gasteiger partial charge >= 0.3 is 0 Å². The molecule has 0 spiro atoms. The van der Waals surface area contributed by atoms with Gasteiger partial charge in [0.2, 0.25) is 0 Å². The van der Waals surface area contributed by atoms with Crippen LogP contribution in [0, 0.1) is 5.82 Å². The third-order valence-corrected chi connectivity index (χ3v) is 3.98. The zero-order chi connectivity index (χ0) is 17.1. The maximum absolute atomic E-state index is 14.2. The SMILES string of the molecule is Fc1cccc2ncnc(NCc3ccccc3Cn3cncn3)c12. The van der Waals surface area contributed by atoms with E-state index in [4.69, 9.17) is 0 Å². The van der Waals surface area contributed by atoms with Crippen molar-refractivity contribution in [3.63, 3.8) is 0 Å². The first-order valence-corrected chi connectivity index (χ1v) is 7.83. The van der Waals surface area contributed by atoms with Crippen LogP contribution in [0.25, 0.3) is 10.9 Å². The zero-order valence-corrected chi connectivity index (χ0v) is 13.3. The van der Waals surface area contributed by atoms with E-state index in [1.807, 2.05) is 24.3 Å². The molecule has 2 aromatic carbocycles. The van der Waals surface area contributed by atoms with Gasteiger partial charge in [0, 0.05) is 6.54 Å². The van der Waals surface area contributed by atoms with E-state index in [0.717, 1.165) is 11.1 Å². The molecule has 0 unspecified atom stereocenters. The maximum Gasteiger partial charge on any atom is 0.140 e. The van der Waals surface area contributed by atoms with Gasteiger partial charge in [-0.05, 0) is 23.3 Å². The van der Waals surface area contributed by atoms with Crippen molar-refractivity contribution in [2.75, 3.05) is 5.32 Å². The first-order valence-electron chi connectivity index (χ1n) is 7.83. The number of benzene rings is 2. The molecule has 4 rings (SSSR count). The molecular formula is C18H15FN6. The number of anilines is 1. The summed E-state index contributed by atoms with van der Waals surface area (Å²) in [5.74, 6) is 0.148. The second-order valence-electron chi connectivity index (χ2n) is 5.57. The zero-order valence-electron chi connectivity index (χ0n) is 13.3. The molecule has 1 N–H and O–H groups in total. The lowest BCUT2D eigenvalue weighted by molar-refractivity contribution is 0.639. The van der Waals surface area contributed by atoms with Gasteiger partial charge in [-0.15, -0.1) is 0 Å². The Kier molecular flexibility index (Phi) is 4.04. The second kappa shape index (κ2) is 6.64. The fourth-order valence-corrected chi connectivity index (χ4v) is 2.75. The largest absolute Gasteiger partial charge is 0.365 e. The first-order chi connectivity index (χ1) is 12.3. The number of nitrogens with zero attached hydrogens (tertiary/aromatic N) is 5. The minimum Gasteiger partial charge on any atom is -0.365 e. The van der Waals surface area contributed by atoms with Crippen LogP contribution in [0.3, 0.4) is 0 Å². The van der Waals surface area contributed by atoms with Gasteiger partial charge in [0.1, 0.15) is 30.6 Å². The Balaban J connectivity index is 1.60. The lowest BCUT2D eigenvalue weighted by atomic mass is 10.1. The van der Waals surface area contributed by atoms with Crippen molar-refractivity contribution in [2.24, 2.45) is 0 Å². The van der Waals surface area contributed by atoms with Crippen LogP contribution >= 0.6 is 0 Å². The van der Waals surface area contributed by atoms with Crippen LogP contribution in [0.15, 0.2) is 61.4 Å². The van der Waals surface area contributed by atoms with Crippen LogP contribution in [0.2, 0.25) is 0 Å². The molecule has 0 aliphatic heterocycles. The number of halogens is 1. The number of hydrogen-bond acceptors (Lipinski definition) is 5. The van der Waals surface area contributed by atoms with Gasteiger partial charge in [-0.3, -0.25) is 0 Å². The molecule has 7 heteroatoms. The summed E-state index contributed by atoms with van der Waals surface area (Å²) in [5.41, 5.74) is 2.77. The number of nitrogens with one attached hydrogen (secondary N) is 1. The normalized spacial score (nSPS) is 10.9. The van der Waals surface area contributed by atoms with Crippen molar-refractivity contribution in [2.45, 2.75) is 13.1 Å². The summed E-state index contributed by atoms with van der Waals surface area (Å²) in [5, 5.41) is 7.77. The Bertz CT molecular complexity index is 994. The smallest absolute Gasteiger partial charge is 0.140 e. The molecule has 0 saturated heterocycles. The van der Waals surface area contributed by atoms with E-state index >= 15 is 0 Å². The fraction of sp³-hybridized carbons (Fsp3) is 0.111. The Morgan fingerprint density at radius 3 is 2.68 bits per heavy atom. The molecule has 0 saturated carbocycles. The molecule has 2 aromatic heterocycles. The summed E-state index contributed by atoms with van der Waals surface area (Å²) >= 11 is 0. The van der Waals surface area contributed by atoms with Crippen molar-refractivity contribution in [1.82, 2.24) is 24.7 Å². The van der Waals surface area contributed by atoms with Gasteiger partial charge in [-0.1, -0.05) is 30.3 Å². The maximum atomic E-state index is 14.2. The van der Waals surface area contributed by atoms with Crippen LogP contribution in [-0.4, -0.2) is 24.7 Å². The van der Waals surface area contributed by atoms with Gasteiger partial charge in [-0.2, -0.15) is 5.10 Å². The van der Waals surface area contributed by atoms with Gasteiger partial charge in [0.25, 0.3) is 0 Å². The summed E-state index contributed by atoms with van der Waals surface area (Å²) in [7, 11) is 0. The number of aromatic nitrogens is 5. The number of fused-ring (bicyclic) bond motifs is 1. The molecular weight excluding hydrogens is 319 g/mol. The molecule has 25 heavy (non-hydrogen) atoms. The highest BCUT2D eigenvalue weighted by Crippen LogP contribution is 2.23. The summed E-state index contributed by atoms with van der Waals surface area (Å²) < 4.78 is 15.9. The predicted molar refractivity (Wildman–Crippen MR) is 92.4 cm³/mol. The Morgan fingerprint density at radius 1 is 0.960 bits per heavy atom. The molecule has 6 nitrogen and oxygen atoms in total. The van der Waals surface area contributed by atoms with Gasteiger partial charge < -0.3 is 5.32 Å². The average molecular weight is 334 g/mol. The van der Waals surface area contributed by atoms with E-state index in [9.17, 15) is 4.39 Å². The number of rotatable bonds is 5. The molecule has 0 atom stereocenters. The second-order valence-corrected chi connectivity index (χ2v) is 5.57. The van der Waals surface area contributed by atoms with Crippen molar-refractivity contribution in [3.8, 4) is 0 Å². The molecule has 4 aromatic rings. The molecule has 124 valence electrons. The molecule has 0 bridgehead atoms. The molecule has 0 amide bonds. The van der Waals surface area contributed by atoms with Gasteiger partial charge in [0.05, 0.1) is 17.4 Å². The predicted octanol–water partition coefficient (Wildman–Crippen LogP) is 3.02. The highest BCUT2D eigenvalue weighted by molar-refractivity contribution is 5.89. The Labute approximate surface area is 143 Å². The third-order valence-electron chi connectivity index (χ3n) is 3.98. The van der Waals surface area contributed by atoms with E-state index in [2.05, 4.69) is 25.4 Å². The van der Waals surface area contributed by atoms with Crippen LogP contribution < -0.4 is 5.32 Å². The van der Waals surface area contributed by atoms with Crippen molar-refractivity contribution in [3.05, 3.63) is 78.4 Å². The van der Waals surface area contributed by atoms with Gasteiger partial charge in [0.15, 0.2) is 0 Å². The molecule has 0 aliphatic carbocycles. The van der Waals surface area contributed by atoms with E-state index < -0.39 is 0 Å². The van der Waals surface area contributed by atoms with Crippen molar-refractivity contribution >= 4 is 16.7 Å². The molecule has 0 aliphatic rings. The van der Waals surface area contributed by atoms with Crippen LogP contribution in [0.5, 0.6) is 0 Å². The summed E-state index contributed by atoms with van der Waals surface area (Å²) in [4.78, 5) is 12.3. The minimum absolute atomic E-state index is 0.337. The lowest BCUT2D eigenvalue weighted by Crippen LogP contribution is -2.08. The molecule has 0 fully saturated rings. The van der Waals surface area contributed by atoms with Crippen LogP contribution in [0.1, 0.15) is 11.1 Å².